The summed E-state index contributed by atoms with van der Waals surface area (Å²) in [6.07, 6.45) is 5.88. The molecule has 3 heteroatoms. The van der Waals surface area contributed by atoms with E-state index in [-0.39, 0.29) is 55.4 Å². The molecule has 0 amide bonds. The van der Waals surface area contributed by atoms with E-state index in [0.29, 0.717) is 0 Å². The molecule has 0 saturated carbocycles. The number of anilines is 6. The average Bonchev–Trinajstić information content (AvgIpc) is 3.63. The first-order chi connectivity index (χ1) is 33.6. The number of nitrogens with zero attached hydrogens (tertiary/aromatic N) is 2. The van der Waals surface area contributed by atoms with Crippen molar-refractivity contribution in [3.63, 3.8) is 0 Å². The molecule has 12 rings (SSSR count). The summed E-state index contributed by atoms with van der Waals surface area (Å²) in [6, 6.07) is 38.6. The summed E-state index contributed by atoms with van der Waals surface area (Å²) in [4.78, 5) is 5.50. The lowest BCUT2D eigenvalue weighted by molar-refractivity contribution is 0.332. The first-order valence-electron chi connectivity index (χ1n) is 28.3. The second-order valence-corrected chi connectivity index (χ2v) is 30.8. The third-order valence-electron chi connectivity index (χ3n) is 20.3. The van der Waals surface area contributed by atoms with Gasteiger partial charge in [0, 0.05) is 39.5 Å². The highest BCUT2D eigenvalue weighted by Gasteiger charge is 2.51. The van der Waals surface area contributed by atoms with Crippen molar-refractivity contribution in [1.82, 2.24) is 0 Å². The van der Waals surface area contributed by atoms with Crippen molar-refractivity contribution in [3.8, 4) is 11.1 Å². The van der Waals surface area contributed by atoms with E-state index >= 15 is 0 Å². The Morgan fingerprint density at radius 2 is 0.740 bits per heavy atom. The monoisotopic (exact) mass is 965 g/mol. The molecule has 0 bridgehead atoms. The molecule has 73 heavy (non-hydrogen) atoms. The van der Waals surface area contributed by atoms with E-state index in [2.05, 4.69) is 239 Å². The van der Waals surface area contributed by atoms with Gasteiger partial charge in [0.15, 0.2) is 0 Å². The molecular formula is C70H85BN2. The standard InChI is InChI=1S/C70H85BN2/c1-62(2,3)41-21-24-45-46-25-22-43(34-49(46)70(19,20)48(45)31-41)72-58-39-54-52(68(15,16)40-69(54,17)18)37-56(58)71-55-36-51-53(67(13,14)30-29-66(51,11)12)38-57(55)73(60-33-42(63(4,5)6)32-59(72)61(60)71)44-23-26-47-50(35-44)65(9,10)28-27-64(47,7)8/h21-26,31-39H,27-30,40H2,1-20H3. The van der Waals surface area contributed by atoms with Crippen LogP contribution in [0.1, 0.15) is 226 Å². The van der Waals surface area contributed by atoms with E-state index in [1.54, 1.807) is 0 Å². The number of benzene rings is 6. The highest BCUT2D eigenvalue weighted by molar-refractivity contribution is 7.00. The second-order valence-electron chi connectivity index (χ2n) is 30.8. The molecule has 378 valence electrons. The van der Waals surface area contributed by atoms with Crippen molar-refractivity contribution >= 4 is 57.2 Å². The van der Waals surface area contributed by atoms with Crippen molar-refractivity contribution in [3.05, 3.63) is 147 Å². The quantitative estimate of drug-likeness (QED) is 0.159. The van der Waals surface area contributed by atoms with Gasteiger partial charge in [-0.25, -0.2) is 0 Å². The Kier molecular flexibility index (Phi) is 9.83. The van der Waals surface area contributed by atoms with Crippen LogP contribution < -0.4 is 26.2 Å². The maximum absolute atomic E-state index is 2.76. The molecule has 2 aliphatic heterocycles. The summed E-state index contributed by atoms with van der Waals surface area (Å²) >= 11 is 0. The lowest BCUT2D eigenvalue weighted by Gasteiger charge is -2.48. The zero-order valence-electron chi connectivity index (χ0n) is 48.7. The third kappa shape index (κ3) is 6.93. The molecule has 6 aliphatic rings. The maximum Gasteiger partial charge on any atom is 0.252 e. The van der Waals surface area contributed by atoms with Crippen molar-refractivity contribution in [2.45, 2.75) is 219 Å². The van der Waals surface area contributed by atoms with Gasteiger partial charge in [0.1, 0.15) is 0 Å². The van der Waals surface area contributed by atoms with E-state index in [0.717, 1.165) is 6.42 Å². The topological polar surface area (TPSA) is 6.48 Å². The summed E-state index contributed by atoms with van der Waals surface area (Å²) in [5, 5.41) is 0. The van der Waals surface area contributed by atoms with Gasteiger partial charge in [-0.15, -0.1) is 0 Å². The maximum atomic E-state index is 2.76. The molecule has 6 aromatic rings. The van der Waals surface area contributed by atoms with Crippen LogP contribution in [-0.4, -0.2) is 6.71 Å². The van der Waals surface area contributed by atoms with Crippen molar-refractivity contribution < 1.29 is 0 Å². The summed E-state index contributed by atoms with van der Waals surface area (Å²) in [7, 11) is 0. The molecular weight excluding hydrogens is 880 g/mol. The van der Waals surface area contributed by atoms with E-state index < -0.39 is 0 Å². The van der Waals surface area contributed by atoms with Gasteiger partial charge in [0.25, 0.3) is 6.71 Å². The molecule has 0 N–H and O–H groups in total. The van der Waals surface area contributed by atoms with Crippen LogP contribution in [-0.2, 0) is 48.7 Å². The molecule has 0 unspecified atom stereocenters. The van der Waals surface area contributed by atoms with E-state index in [1.165, 1.54) is 143 Å². The lowest BCUT2D eigenvalue weighted by Crippen LogP contribution is -2.62. The Bertz CT molecular complexity index is 3390. The molecule has 0 fully saturated rings. The van der Waals surface area contributed by atoms with Gasteiger partial charge >= 0.3 is 0 Å². The van der Waals surface area contributed by atoms with Crippen LogP contribution in [0, 0.1) is 0 Å². The zero-order valence-corrected chi connectivity index (χ0v) is 48.7. The molecule has 0 spiro atoms. The van der Waals surface area contributed by atoms with Crippen molar-refractivity contribution in [1.29, 1.82) is 0 Å². The number of rotatable bonds is 2. The highest BCUT2D eigenvalue weighted by Crippen LogP contribution is 2.57. The SMILES string of the molecule is CC(C)(C)c1cc2c3c(c1)N(c1ccc4c(c1)C(C)(C)c1cc(C(C)(C)C)ccc1-4)c1cc4c(cc1B3c1cc3c(cc1N2c1ccc2c(c1)C(C)(C)CCC2(C)C)C(C)(C)CCC3(C)C)C(C)(C)CC4(C)C. The van der Waals surface area contributed by atoms with E-state index in [1.807, 2.05) is 0 Å². The summed E-state index contributed by atoms with van der Waals surface area (Å²) in [5.74, 6) is 0. The molecule has 4 aliphatic carbocycles. The Morgan fingerprint density at radius 3 is 1.23 bits per heavy atom. The third-order valence-corrected chi connectivity index (χ3v) is 20.3. The van der Waals surface area contributed by atoms with Gasteiger partial charge in [0.2, 0.25) is 0 Å². The Balaban J connectivity index is 1.20. The molecule has 2 nitrogen and oxygen atoms in total. The molecule has 0 aromatic heterocycles. The van der Waals surface area contributed by atoms with Crippen molar-refractivity contribution in [2.75, 3.05) is 9.80 Å². The minimum atomic E-state index is -0.163. The Labute approximate surface area is 441 Å². The predicted molar refractivity (Wildman–Crippen MR) is 317 cm³/mol. The first-order valence-corrected chi connectivity index (χ1v) is 28.3. The minimum Gasteiger partial charge on any atom is -0.311 e. The average molecular weight is 965 g/mol. The Hall–Kier alpha value is -5.02. The van der Waals surface area contributed by atoms with Gasteiger partial charge in [-0.1, -0.05) is 181 Å². The number of hydrogen-bond acceptors (Lipinski definition) is 2. The Morgan fingerprint density at radius 1 is 0.356 bits per heavy atom. The van der Waals surface area contributed by atoms with E-state index in [9.17, 15) is 0 Å². The second kappa shape index (κ2) is 14.7. The highest BCUT2D eigenvalue weighted by atomic mass is 15.2. The van der Waals surface area contributed by atoms with Crippen molar-refractivity contribution in [2.24, 2.45) is 0 Å². The molecule has 2 heterocycles. The number of hydrogen-bond donors (Lipinski definition) is 0. The predicted octanol–water partition coefficient (Wildman–Crippen LogP) is 17.3. The van der Waals surface area contributed by atoms with E-state index in [4.69, 9.17) is 0 Å². The van der Waals surface area contributed by atoms with Crippen LogP contribution in [0.15, 0.2) is 91.0 Å². The summed E-state index contributed by atoms with van der Waals surface area (Å²) in [5.41, 5.74) is 29.9. The molecule has 0 radical (unpaired) electrons. The van der Waals surface area contributed by atoms with Gasteiger partial charge in [-0.2, -0.15) is 0 Å². The van der Waals surface area contributed by atoms with Gasteiger partial charge in [-0.05, 0) is 207 Å². The smallest absolute Gasteiger partial charge is 0.252 e. The fourth-order valence-electron chi connectivity index (χ4n) is 15.6. The fourth-order valence-corrected chi connectivity index (χ4v) is 15.6. The van der Waals surface area contributed by atoms with Crippen LogP contribution in [0.25, 0.3) is 11.1 Å². The fraction of sp³-hybridized carbons (Fsp3) is 0.486. The summed E-state index contributed by atoms with van der Waals surface area (Å²) < 4.78 is 0. The van der Waals surface area contributed by atoms with Crippen LogP contribution >= 0.6 is 0 Å². The van der Waals surface area contributed by atoms with Crippen LogP contribution in [0.3, 0.4) is 0 Å². The minimum absolute atomic E-state index is 0.0370. The van der Waals surface area contributed by atoms with Gasteiger partial charge in [0.05, 0.1) is 0 Å². The molecule has 0 atom stereocenters. The normalized spacial score (nSPS) is 21.3. The van der Waals surface area contributed by atoms with Crippen LogP contribution in [0.4, 0.5) is 34.1 Å². The molecule has 0 saturated heterocycles. The lowest BCUT2D eigenvalue weighted by atomic mass is 9.32. The molecule has 6 aromatic carbocycles. The largest absolute Gasteiger partial charge is 0.311 e. The van der Waals surface area contributed by atoms with Gasteiger partial charge in [-0.3, -0.25) is 0 Å². The van der Waals surface area contributed by atoms with Gasteiger partial charge < -0.3 is 9.80 Å². The first kappa shape index (κ1) is 48.9. The summed E-state index contributed by atoms with van der Waals surface area (Å²) in [6.45, 7) is 49.2. The van der Waals surface area contributed by atoms with Crippen LogP contribution in [0.5, 0.6) is 0 Å². The van der Waals surface area contributed by atoms with Crippen LogP contribution in [0.2, 0.25) is 0 Å². The number of fused-ring (bicyclic) bond motifs is 10. The zero-order chi connectivity index (χ0) is 52.5.